The van der Waals surface area contributed by atoms with Gasteiger partial charge < -0.3 is 5.32 Å². The van der Waals surface area contributed by atoms with Gasteiger partial charge in [-0.15, -0.1) is 0 Å². The number of anilines is 1. The van der Waals surface area contributed by atoms with Gasteiger partial charge in [0.2, 0.25) is 5.91 Å². The Balaban J connectivity index is 2.28. The first-order chi connectivity index (χ1) is 11.3. The minimum Gasteiger partial charge on any atom is -0.325 e. The topological polar surface area (TPSA) is 41.1 Å². The molecule has 3 rings (SSSR count). The van der Waals surface area contributed by atoms with Crippen molar-refractivity contribution in [1.29, 1.82) is 0 Å². The maximum atomic E-state index is 14.7. The van der Waals surface area contributed by atoms with E-state index in [1.165, 1.54) is 0 Å². The summed E-state index contributed by atoms with van der Waals surface area (Å²) in [6.07, 6.45) is 0. The van der Waals surface area contributed by atoms with E-state index >= 15 is 0 Å². The van der Waals surface area contributed by atoms with Gasteiger partial charge in [-0.1, -0.05) is 35.8 Å². The van der Waals surface area contributed by atoms with Gasteiger partial charge in [-0.25, -0.2) is 4.39 Å². The molecule has 0 spiro atoms. The van der Waals surface area contributed by atoms with Gasteiger partial charge >= 0.3 is 0 Å². The van der Waals surface area contributed by atoms with Crippen molar-refractivity contribution in [3.8, 4) is 0 Å². The SMILES string of the molecule is [2H]c1c([2H])c([2H])c(C2NCC(=O)Nc3ccc(C)cc32)c(F)c1[2H]. The molecule has 1 atom stereocenters. The second kappa shape index (κ2) is 5.06. The van der Waals surface area contributed by atoms with Gasteiger partial charge in [0.25, 0.3) is 0 Å². The predicted octanol–water partition coefficient (Wildman–Crippen LogP) is 2.77. The first-order valence-electron chi connectivity index (χ1n) is 8.20. The van der Waals surface area contributed by atoms with Crippen LogP contribution in [-0.2, 0) is 4.79 Å². The molecule has 1 amide bonds. The van der Waals surface area contributed by atoms with E-state index in [1.807, 2.05) is 6.92 Å². The van der Waals surface area contributed by atoms with Crippen LogP contribution in [0.2, 0.25) is 0 Å². The van der Waals surface area contributed by atoms with Gasteiger partial charge in [-0.2, -0.15) is 0 Å². The largest absolute Gasteiger partial charge is 0.325 e. The number of benzene rings is 2. The van der Waals surface area contributed by atoms with E-state index in [0.717, 1.165) is 5.56 Å². The number of hydrogen-bond acceptors (Lipinski definition) is 2. The molecule has 4 heteroatoms. The fraction of sp³-hybridized carbons (Fsp3) is 0.188. The molecule has 102 valence electrons. The molecule has 0 aliphatic carbocycles. The maximum absolute atomic E-state index is 14.7. The number of aryl methyl sites for hydroxylation is 1. The summed E-state index contributed by atoms with van der Waals surface area (Å²) in [4.78, 5) is 11.8. The quantitative estimate of drug-likeness (QED) is 0.839. The second-order valence-corrected chi connectivity index (χ2v) is 4.68. The van der Waals surface area contributed by atoms with Crippen LogP contribution in [0.15, 0.2) is 42.4 Å². The number of rotatable bonds is 1. The zero-order valence-electron chi connectivity index (χ0n) is 14.8. The van der Waals surface area contributed by atoms with Crippen LogP contribution in [0.1, 0.15) is 28.2 Å². The van der Waals surface area contributed by atoms with E-state index in [1.54, 1.807) is 18.2 Å². The first-order valence-corrected chi connectivity index (χ1v) is 6.20. The lowest BCUT2D eigenvalue weighted by Crippen LogP contribution is -2.28. The Bertz CT molecular complexity index is 827. The van der Waals surface area contributed by atoms with Gasteiger partial charge in [-0.3, -0.25) is 10.1 Å². The van der Waals surface area contributed by atoms with Crippen LogP contribution in [0.5, 0.6) is 0 Å². The molecule has 0 aromatic heterocycles. The third-order valence-electron chi connectivity index (χ3n) is 3.22. The summed E-state index contributed by atoms with van der Waals surface area (Å²) >= 11 is 0. The zero-order valence-corrected chi connectivity index (χ0v) is 10.8. The summed E-state index contributed by atoms with van der Waals surface area (Å²) in [5.41, 5.74) is 1.75. The van der Waals surface area contributed by atoms with Crippen molar-refractivity contribution in [2.75, 3.05) is 11.9 Å². The Morgan fingerprint density at radius 3 is 2.95 bits per heavy atom. The fourth-order valence-corrected chi connectivity index (χ4v) is 2.30. The van der Waals surface area contributed by atoms with E-state index in [-0.39, 0.29) is 18.0 Å². The van der Waals surface area contributed by atoms with Crippen LogP contribution in [0.25, 0.3) is 0 Å². The lowest BCUT2D eigenvalue weighted by molar-refractivity contribution is -0.115. The number of hydrogen-bond donors (Lipinski definition) is 2. The number of fused-ring (bicyclic) bond motifs is 1. The molecule has 2 N–H and O–H groups in total. The van der Waals surface area contributed by atoms with E-state index in [9.17, 15) is 9.18 Å². The molecular formula is C16H15FN2O. The third kappa shape index (κ3) is 2.30. The lowest BCUT2D eigenvalue weighted by atomic mass is 9.95. The molecule has 1 aliphatic rings. The Hall–Kier alpha value is -2.20. The molecule has 0 bridgehead atoms. The molecule has 20 heavy (non-hydrogen) atoms. The molecule has 0 saturated carbocycles. The van der Waals surface area contributed by atoms with Crippen molar-refractivity contribution in [3.05, 3.63) is 64.9 Å². The molecular weight excluding hydrogens is 255 g/mol. The summed E-state index contributed by atoms with van der Waals surface area (Å²) < 4.78 is 45.8. The smallest absolute Gasteiger partial charge is 0.238 e. The first kappa shape index (κ1) is 8.87. The van der Waals surface area contributed by atoms with Crippen molar-refractivity contribution in [3.63, 3.8) is 0 Å². The maximum Gasteiger partial charge on any atom is 0.238 e. The molecule has 2 aromatic rings. The van der Waals surface area contributed by atoms with Crippen LogP contribution >= 0.6 is 0 Å². The van der Waals surface area contributed by atoms with Crippen LogP contribution in [0, 0.1) is 12.7 Å². The molecule has 0 radical (unpaired) electrons. The summed E-state index contributed by atoms with van der Waals surface area (Å²) in [5, 5.41) is 5.60. The minimum absolute atomic E-state index is 0.0967. The van der Waals surface area contributed by atoms with Crippen molar-refractivity contribution in [2.24, 2.45) is 0 Å². The molecule has 0 fully saturated rings. The van der Waals surface area contributed by atoms with Crippen LogP contribution in [-0.4, -0.2) is 12.5 Å². The van der Waals surface area contributed by atoms with E-state index in [4.69, 9.17) is 5.48 Å². The van der Waals surface area contributed by atoms with Gasteiger partial charge in [0.05, 0.1) is 18.1 Å². The number of carbonyl (C=O) groups excluding carboxylic acids is 1. The highest BCUT2D eigenvalue weighted by Crippen LogP contribution is 2.32. The number of nitrogens with one attached hydrogen (secondary N) is 2. The second-order valence-electron chi connectivity index (χ2n) is 4.68. The normalized spacial score (nSPS) is 20.9. The van der Waals surface area contributed by atoms with Crippen molar-refractivity contribution < 1.29 is 14.7 Å². The molecule has 2 aromatic carbocycles. The number of amides is 1. The van der Waals surface area contributed by atoms with Gasteiger partial charge in [0.1, 0.15) is 5.82 Å². The zero-order chi connectivity index (χ0) is 17.6. The Morgan fingerprint density at radius 2 is 2.10 bits per heavy atom. The molecule has 1 unspecified atom stereocenters. The predicted molar refractivity (Wildman–Crippen MR) is 76.1 cm³/mol. The Kier molecular flexibility index (Phi) is 2.24. The molecule has 0 saturated heterocycles. The minimum atomic E-state index is -1.01. The van der Waals surface area contributed by atoms with Gasteiger partial charge in [-0.05, 0) is 24.6 Å². The summed E-state index contributed by atoms with van der Waals surface area (Å²) in [5.74, 6) is -1.32. The molecule has 1 heterocycles. The van der Waals surface area contributed by atoms with Crippen molar-refractivity contribution in [1.82, 2.24) is 5.32 Å². The summed E-state index contributed by atoms with van der Waals surface area (Å²) in [6, 6.07) is 2.12. The Labute approximate surface area is 122 Å². The highest BCUT2D eigenvalue weighted by atomic mass is 19.1. The standard InChI is InChI=1S/C16H15FN2O/c1-10-6-7-14-12(8-10)16(18-9-15(20)19-14)11-4-2-3-5-13(11)17/h2-8,16,18H,9H2,1H3,(H,19,20)/i2D,3D,4D,5D. The van der Waals surface area contributed by atoms with E-state index in [2.05, 4.69) is 10.6 Å². The monoisotopic (exact) mass is 274 g/mol. The van der Waals surface area contributed by atoms with Gasteiger partial charge in [0, 0.05) is 11.3 Å². The average molecular weight is 274 g/mol. The van der Waals surface area contributed by atoms with Crippen molar-refractivity contribution in [2.45, 2.75) is 13.0 Å². The molecule has 1 aliphatic heterocycles. The van der Waals surface area contributed by atoms with Crippen molar-refractivity contribution >= 4 is 11.6 Å². The highest BCUT2D eigenvalue weighted by molar-refractivity contribution is 5.94. The number of carbonyl (C=O) groups is 1. The van der Waals surface area contributed by atoms with Crippen LogP contribution in [0.4, 0.5) is 10.1 Å². The van der Waals surface area contributed by atoms with Gasteiger partial charge in [0.15, 0.2) is 0 Å². The number of halogens is 1. The van der Waals surface area contributed by atoms with Crippen LogP contribution < -0.4 is 10.6 Å². The third-order valence-corrected chi connectivity index (χ3v) is 3.22. The summed E-state index contributed by atoms with van der Waals surface area (Å²) in [7, 11) is 0. The summed E-state index contributed by atoms with van der Waals surface area (Å²) in [6.45, 7) is 1.75. The van der Waals surface area contributed by atoms with Crippen LogP contribution in [0.3, 0.4) is 0 Å². The average Bonchev–Trinajstić information content (AvgIpc) is 2.70. The lowest BCUT2D eigenvalue weighted by Gasteiger charge is -2.19. The van der Waals surface area contributed by atoms with E-state index < -0.39 is 36.0 Å². The van der Waals surface area contributed by atoms with E-state index in [0.29, 0.717) is 11.3 Å². The fourth-order valence-electron chi connectivity index (χ4n) is 2.30. The Morgan fingerprint density at radius 1 is 1.30 bits per heavy atom. The highest BCUT2D eigenvalue weighted by Gasteiger charge is 2.24. The molecule has 3 nitrogen and oxygen atoms in total.